The Balaban J connectivity index is 1.99. The van der Waals surface area contributed by atoms with Gasteiger partial charge in [0.05, 0.1) is 23.9 Å². The van der Waals surface area contributed by atoms with Crippen molar-refractivity contribution >= 4 is 29.2 Å². The van der Waals surface area contributed by atoms with Crippen LogP contribution in [0.3, 0.4) is 0 Å². The molecule has 1 aliphatic heterocycles. The second-order valence-electron chi connectivity index (χ2n) is 5.89. The summed E-state index contributed by atoms with van der Waals surface area (Å²) in [5.74, 6) is -2.11. The Morgan fingerprint density at radius 1 is 1.38 bits per heavy atom. The molecule has 0 radical (unpaired) electrons. The average molecular weight is 333 g/mol. The first-order valence-corrected chi connectivity index (χ1v) is 8.05. The summed E-state index contributed by atoms with van der Waals surface area (Å²) in [7, 11) is 0. The van der Waals surface area contributed by atoms with Crippen LogP contribution in [-0.2, 0) is 19.1 Å². The van der Waals surface area contributed by atoms with Gasteiger partial charge in [0.25, 0.3) is 0 Å². The van der Waals surface area contributed by atoms with Gasteiger partial charge in [0, 0.05) is 13.1 Å². The first-order chi connectivity index (χ1) is 11.4. The van der Waals surface area contributed by atoms with Crippen LogP contribution in [0, 0.1) is 12.8 Å². The summed E-state index contributed by atoms with van der Waals surface area (Å²) in [6, 6.07) is 5.18. The first kappa shape index (κ1) is 17.8. The van der Waals surface area contributed by atoms with Crippen molar-refractivity contribution in [3.63, 3.8) is 0 Å². The highest BCUT2D eigenvalue weighted by atomic mass is 16.5. The highest BCUT2D eigenvalue weighted by molar-refractivity contribution is 6.39. The summed E-state index contributed by atoms with van der Waals surface area (Å²) < 4.78 is 5.00. The zero-order valence-electron chi connectivity index (χ0n) is 14.0. The molecule has 0 spiro atoms. The quantitative estimate of drug-likeness (QED) is 0.493. The number of aryl methyl sites for hydroxylation is 1. The topological polar surface area (TPSA) is 102 Å². The van der Waals surface area contributed by atoms with Crippen LogP contribution in [-0.4, -0.2) is 42.4 Å². The molecule has 1 fully saturated rings. The number of nitrogen functional groups attached to an aromatic ring is 1. The monoisotopic (exact) mass is 333 g/mol. The summed E-state index contributed by atoms with van der Waals surface area (Å²) in [6.45, 7) is 4.58. The number of hydrogen-bond acceptors (Lipinski definition) is 5. The molecule has 0 aliphatic carbocycles. The lowest BCUT2D eigenvalue weighted by Gasteiger charge is -2.31. The van der Waals surface area contributed by atoms with Crippen molar-refractivity contribution in [2.45, 2.75) is 26.7 Å². The zero-order chi connectivity index (χ0) is 17.7. The number of carbonyl (C=O) groups excluding carboxylic acids is 3. The highest BCUT2D eigenvalue weighted by Crippen LogP contribution is 2.21. The fourth-order valence-corrected chi connectivity index (χ4v) is 2.73. The molecule has 0 saturated carbocycles. The number of likely N-dealkylation sites (tertiary alicyclic amines) is 1. The Bertz CT molecular complexity index is 645. The summed E-state index contributed by atoms with van der Waals surface area (Å²) in [5, 5.41) is 2.53. The van der Waals surface area contributed by atoms with Crippen molar-refractivity contribution in [3.8, 4) is 0 Å². The molecule has 1 saturated heterocycles. The van der Waals surface area contributed by atoms with Gasteiger partial charge in [-0.1, -0.05) is 6.07 Å². The highest BCUT2D eigenvalue weighted by Gasteiger charge is 2.32. The number of piperidine rings is 1. The molecule has 1 aromatic rings. The van der Waals surface area contributed by atoms with Crippen molar-refractivity contribution in [1.29, 1.82) is 0 Å². The number of hydrogen-bond donors (Lipinski definition) is 2. The third-order valence-electron chi connectivity index (χ3n) is 3.98. The number of nitrogens with two attached hydrogens (primary N) is 1. The Morgan fingerprint density at radius 2 is 2.12 bits per heavy atom. The molecule has 2 amide bonds. The maximum atomic E-state index is 12.3. The van der Waals surface area contributed by atoms with Gasteiger partial charge in [-0.15, -0.1) is 0 Å². The minimum Gasteiger partial charge on any atom is -0.466 e. The standard InChI is InChI=1S/C17H23N3O4/c1-3-24-17(23)12-5-4-8-20(10-12)16(22)15(21)19-14-7-6-11(2)9-13(14)18/h6-7,9,12H,3-5,8,10,18H2,1-2H3,(H,19,21). The van der Waals surface area contributed by atoms with E-state index in [4.69, 9.17) is 10.5 Å². The maximum Gasteiger partial charge on any atom is 0.313 e. The molecular formula is C17H23N3O4. The van der Waals surface area contributed by atoms with Gasteiger partial charge in [-0.3, -0.25) is 14.4 Å². The smallest absolute Gasteiger partial charge is 0.313 e. The van der Waals surface area contributed by atoms with Crippen LogP contribution in [0.4, 0.5) is 11.4 Å². The minimum atomic E-state index is -0.755. The molecule has 7 nitrogen and oxygen atoms in total. The van der Waals surface area contributed by atoms with Gasteiger partial charge in [-0.05, 0) is 44.4 Å². The normalized spacial score (nSPS) is 17.2. The second kappa shape index (κ2) is 7.81. The largest absolute Gasteiger partial charge is 0.466 e. The summed E-state index contributed by atoms with van der Waals surface area (Å²) >= 11 is 0. The molecule has 3 N–H and O–H groups in total. The number of amides is 2. The zero-order valence-corrected chi connectivity index (χ0v) is 14.0. The molecule has 1 aliphatic rings. The van der Waals surface area contributed by atoms with E-state index in [1.807, 2.05) is 6.92 Å². The van der Waals surface area contributed by atoms with Gasteiger partial charge in [-0.2, -0.15) is 0 Å². The van der Waals surface area contributed by atoms with E-state index >= 15 is 0 Å². The molecule has 2 rings (SSSR count). The van der Waals surface area contributed by atoms with Gasteiger partial charge in [0.1, 0.15) is 0 Å². The molecule has 1 atom stereocenters. The molecule has 130 valence electrons. The number of esters is 1. The van der Waals surface area contributed by atoms with Crippen LogP contribution in [0.5, 0.6) is 0 Å². The lowest BCUT2D eigenvalue weighted by molar-refractivity contribution is -0.153. The number of nitrogens with one attached hydrogen (secondary N) is 1. The summed E-state index contributed by atoms with van der Waals surface area (Å²) in [4.78, 5) is 37.7. The average Bonchev–Trinajstić information content (AvgIpc) is 2.57. The van der Waals surface area contributed by atoms with E-state index in [1.165, 1.54) is 4.90 Å². The molecule has 0 aromatic heterocycles. The predicted molar refractivity (Wildman–Crippen MR) is 90.2 cm³/mol. The van der Waals surface area contributed by atoms with Crippen molar-refractivity contribution in [1.82, 2.24) is 4.90 Å². The fraction of sp³-hybridized carbons (Fsp3) is 0.471. The molecule has 0 bridgehead atoms. The lowest BCUT2D eigenvalue weighted by atomic mass is 9.98. The molecule has 1 aromatic carbocycles. The molecule has 24 heavy (non-hydrogen) atoms. The number of rotatable bonds is 3. The molecule has 7 heteroatoms. The van der Waals surface area contributed by atoms with E-state index in [1.54, 1.807) is 25.1 Å². The Hall–Kier alpha value is -2.57. The van der Waals surface area contributed by atoms with Gasteiger partial charge < -0.3 is 20.7 Å². The van der Waals surface area contributed by atoms with E-state index in [9.17, 15) is 14.4 Å². The van der Waals surface area contributed by atoms with Crippen molar-refractivity contribution in [2.75, 3.05) is 30.7 Å². The Labute approximate surface area is 141 Å². The molecular weight excluding hydrogens is 310 g/mol. The summed E-state index contributed by atoms with van der Waals surface area (Å²) in [5.41, 5.74) is 7.61. The van der Waals surface area contributed by atoms with Crippen LogP contribution in [0.1, 0.15) is 25.3 Å². The van der Waals surface area contributed by atoms with Gasteiger partial charge in [0.2, 0.25) is 0 Å². The van der Waals surface area contributed by atoms with E-state index in [-0.39, 0.29) is 18.4 Å². The SMILES string of the molecule is CCOC(=O)C1CCCN(C(=O)C(=O)Nc2ccc(C)cc2N)C1. The third kappa shape index (κ3) is 4.24. The Morgan fingerprint density at radius 3 is 2.79 bits per heavy atom. The number of carbonyl (C=O) groups is 3. The number of benzene rings is 1. The van der Waals surface area contributed by atoms with Crippen LogP contribution in [0.25, 0.3) is 0 Å². The number of nitrogens with zero attached hydrogens (tertiary/aromatic N) is 1. The van der Waals surface area contributed by atoms with Crippen LogP contribution >= 0.6 is 0 Å². The van der Waals surface area contributed by atoms with Crippen molar-refractivity contribution < 1.29 is 19.1 Å². The van der Waals surface area contributed by atoms with E-state index in [0.717, 1.165) is 5.56 Å². The summed E-state index contributed by atoms with van der Waals surface area (Å²) in [6.07, 6.45) is 1.32. The van der Waals surface area contributed by atoms with Crippen LogP contribution in [0.2, 0.25) is 0 Å². The Kier molecular flexibility index (Phi) is 5.78. The second-order valence-corrected chi connectivity index (χ2v) is 5.89. The van der Waals surface area contributed by atoms with E-state index in [2.05, 4.69) is 5.32 Å². The third-order valence-corrected chi connectivity index (χ3v) is 3.98. The van der Waals surface area contributed by atoms with E-state index in [0.29, 0.717) is 37.4 Å². The fourth-order valence-electron chi connectivity index (χ4n) is 2.73. The van der Waals surface area contributed by atoms with Crippen molar-refractivity contribution in [3.05, 3.63) is 23.8 Å². The van der Waals surface area contributed by atoms with Gasteiger partial charge in [-0.25, -0.2) is 0 Å². The van der Waals surface area contributed by atoms with Crippen LogP contribution < -0.4 is 11.1 Å². The number of ether oxygens (including phenoxy) is 1. The van der Waals surface area contributed by atoms with Crippen LogP contribution in [0.15, 0.2) is 18.2 Å². The minimum absolute atomic E-state index is 0.203. The predicted octanol–water partition coefficient (Wildman–Crippen LogP) is 1.32. The number of anilines is 2. The first-order valence-electron chi connectivity index (χ1n) is 8.05. The van der Waals surface area contributed by atoms with E-state index < -0.39 is 11.8 Å². The molecule has 1 heterocycles. The maximum absolute atomic E-state index is 12.3. The molecule has 1 unspecified atom stereocenters. The van der Waals surface area contributed by atoms with Crippen molar-refractivity contribution in [2.24, 2.45) is 5.92 Å². The van der Waals surface area contributed by atoms with Gasteiger partial charge >= 0.3 is 17.8 Å². The van der Waals surface area contributed by atoms with Gasteiger partial charge in [0.15, 0.2) is 0 Å². The lowest BCUT2D eigenvalue weighted by Crippen LogP contribution is -2.47.